The molecule has 0 bridgehead atoms. The molecule has 1 fully saturated rings. The molecule has 2 heteroatoms. The molecule has 0 spiro atoms. The first kappa shape index (κ1) is 12.4. The van der Waals surface area contributed by atoms with Crippen molar-refractivity contribution in [3.8, 4) is 5.75 Å². The smallest absolute Gasteiger partial charge is 0.122 e. The van der Waals surface area contributed by atoms with Crippen molar-refractivity contribution in [2.45, 2.75) is 51.6 Å². The van der Waals surface area contributed by atoms with Gasteiger partial charge in [0, 0.05) is 12.6 Å². The molecule has 1 aromatic rings. The fraction of sp³-hybridized carbons (Fsp3) is 0.600. The summed E-state index contributed by atoms with van der Waals surface area (Å²) in [5, 5.41) is 3.60. The number of ether oxygens (including phenoxy) is 1. The van der Waals surface area contributed by atoms with E-state index in [9.17, 15) is 0 Å². The normalized spacial score (nSPS) is 16.0. The molecule has 0 saturated heterocycles. The molecule has 0 heterocycles. The van der Waals surface area contributed by atoms with E-state index < -0.39 is 0 Å². The van der Waals surface area contributed by atoms with Gasteiger partial charge in [-0.3, -0.25) is 0 Å². The van der Waals surface area contributed by atoms with Gasteiger partial charge in [0.2, 0.25) is 0 Å². The molecule has 2 nitrogen and oxygen atoms in total. The number of methoxy groups -OCH3 is 1. The summed E-state index contributed by atoms with van der Waals surface area (Å²) in [7, 11) is 1.74. The maximum absolute atomic E-state index is 5.40. The van der Waals surface area contributed by atoms with Gasteiger partial charge in [0.15, 0.2) is 0 Å². The lowest BCUT2D eigenvalue weighted by Gasteiger charge is -2.26. The van der Waals surface area contributed by atoms with E-state index in [0.29, 0.717) is 5.92 Å². The molecule has 94 valence electrons. The Balaban J connectivity index is 2.04. The Hall–Kier alpha value is -1.02. The van der Waals surface area contributed by atoms with E-state index in [2.05, 4.69) is 37.4 Å². The van der Waals surface area contributed by atoms with Gasteiger partial charge in [-0.25, -0.2) is 0 Å². The maximum atomic E-state index is 5.40. The second-order valence-electron chi connectivity index (χ2n) is 5.24. The largest absolute Gasteiger partial charge is 0.496 e. The lowest BCUT2D eigenvalue weighted by atomic mass is 9.93. The summed E-state index contributed by atoms with van der Waals surface area (Å²) in [4.78, 5) is 0. The van der Waals surface area contributed by atoms with Gasteiger partial charge < -0.3 is 10.1 Å². The Morgan fingerprint density at radius 3 is 2.65 bits per heavy atom. The molecule has 0 amide bonds. The highest BCUT2D eigenvalue weighted by Crippen LogP contribution is 2.27. The zero-order chi connectivity index (χ0) is 12.3. The minimum absolute atomic E-state index is 0.508. The standard InChI is InChI=1S/C15H23NO/c1-11(2)14-9-12(7-8-15(14)17-3)10-16-13-5-4-6-13/h7-9,11,13,16H,4-6,10H2,1-3H3. The van der Waals surface area contributed by atoms with Crippen molar-refractivity contribution in [2.24, 2.45) is 0 Å². The fourth-order valence-corrected chi connectivity index (χ4v) is 2.22. The van der Waals surface area contributed by atoms with Gasteiger partial charge in [-0.1, -0.05) is 32.4 Å². The van der Waals surface area contributed by atoms with Crippen LogP contribution in [0.4, 0.5) is 0 Å². The average Bonchev–Trinajstić information content (AvgIpc) is 2.26. The molecule has 1 aromatic carbocycles. The summed E-state index contributed by atoms with van der Waals surface area (Å²) in [6.07, 6.45) is 4.07. The van der Waals surface area contributed by atoms with Gasteiger partial charge in [-0.2, -0.15) is 0 Å². The molecule has 1 aliphatic carbocycles. The molecule has 0 aliphatic heterocycles. The van der Waals surface area contributed by atoms with Crippen molar-refractivity contribution in [3.05, 3.63) is 29.3 Å². The lowest BCUT2D eigenvalue weighted by Crippen LogP contribution is -2.34. The van der Waals surface area contributed by atoms with Crippen molar-refractivity contribution < 1.29 is 4.74 Å². The number of nitrogens with one attached hydrogen (secondary N) is 1. The van der Waals surface area contributed by atoms with Crippen LogP contribution in [-0.4, -0.2) is 13.2 Å². The van der Waals surface area contributed by atoms with Crippen LogP contribution in [0.25, 0.3) is 0 Å². The van der Waals surface area contributed by atoms with E-state index in [-0.39, 0.29) is 0 Å². The summed E-state index contributed by atoms with van der Waals surface area (Å²) in [6.45, 7) is 5.40. The Morgan fingerprint density at radius 1 is 1.35 bits per heavy atom. The van der Waals surface area contributed by atoms with E-state index in [1.54, 1.807) is 7.11 Å². The Kier molecular flexibility index (Phi) is 4.06. The van der Waals surface area contributed by atoms with Crippen molar-refractivity contribution in [1.82, 2.24) is 5.32 Å². The number of rotatable bonds is 5. The number of hydrogen-bond donors (Lipinski definition) is 1. The van der Waals surface area contributed by atoms with Gasteiger partial charge in [0.05, 0.1) is 7.11 Å². The zero-order valence-corrected chi connectivity index (χ0v) is 11.1. The van der Waals surface area contributed by atoms with Crippen LogP contribution >= 0.6 is 0 Å². The van der Waals surface area contributed by atoms with Crippen molar-refractivity contribution in [1.29, 1.82) is 0 Å². The topological polar surface area (TPSA) is 21.3 Å². The average molecular weight is 233 g/mol. The van der Waals surface area contributed by atoms with E-state index >= 15 is 0 Å². The second-order valence-corrected chi connectivity index (χ2v) is 5.24. The van der Waals surface area contributed by atoms with E-state index in [0.717, 1.165) is 18.3 Å². The molecule has 1 N–H and O–H groups in total. The molecule has 0 radical (unpaired) electrons. The van der Waals surface area contributed by atoms with Crippen LogP contribution in [0.1, 0.15) is 50.2 Å². The van der Waals surface area contributed by atoms with E-state index in [1.807, 2.05) is 0 Å². The molecule has 2 rings (SSSR count). The summed E-state index contributed by atoms with van der Waals surface area (Å²) >= 11 is 0. The zero-order valence-electron chi connectivity index (χ0n) is 11.1. The predicted octanol–water partition coefficient (Wildman–Crippen LogP) is 3.46. The van der Waals surface area contributed by atoms with Crippen molar-refractivity contribution in [3.63, 3.8) is 0 Å². The minimum atomic E-state index is 0.508. The fourth-order valence-electron chi connectivity index (χ4n) is 2.22. The second kappa shape index (κ2) is 5.54. The lowest BCUT2D eigenvalue weighted by molar-refractivity contribution is 0.338. The molecular formula is C15H23NO. The molecule has 0 atom stereocenters. The highest BCUT2D eigenvalue weighted by atomic mass is 16.5. The predicted molar refractivity (Wildman–Crippen MR) is 71.6 cm³/mol. The first-order chi connectivity index (χ1) is 8.20. The maximum Gasteiger partial charge on any atom is 0.122 e. The van der Waals surface area contributed by atoms with Gasteiger partial charge in [-0.05, 0) is 36.0 Å². The molecule has 1 saturated carbocycles. The Labute approximate surface area is 104 Å². The van der Waals surface area contributed by atoms with Crippen molar-refractivity contribution >= 4 is 0 Å². The van der Waals surface area contributed by atoms with E-state index in [1.165, 1.54) is 30.4 Å². The SMILES string of the molecule is COc1ccc(CNC2CCC2)cc1C(C)C. The monoisotopic (exact) mass is 233 g/mol. The quantitative estimate of drug-likeness (QED) is 0.841. The molecule has 0 aromatic heterocycles. The molecule has 0 unspecified atom stereocenters. The van der Waals surface area contributed by atoms with Gasteiger partial charge >= 0.3 is 0 Å². The molecular weight excluding hydrogens is 210 g/mol. The van der Waals surface area contributed by atoms with Crippen LogP contribution in [0.5, 0.6) is 5.75 Å². The van der Waals surface area contributed by atoms with Crippen LogP contribution < -0.4 is 10.1 Å². The first-order valence-electron chi connectivity index (χ1n) is 6.61. The van der Waals surface area contributed by atoms with Crippen LogP contribution in [0.3, 0.4) is 0 Å². The Morgan fingerprint density at radius 2 is 2.12 bits per heavy atom. The molecule has 17 heavy (non-hydrogen) atoms. The third-order valence-corrected chi connectivity index (χ3v) is 3.62. The highest BCUT2D eigenvalue weighted by Gasteiger charge is 2.16. The van der Waals surface area contributed by atoms with Crippen LogP contribution in [-0.2, 0) is 6.54 Å². The van der Waals surface area contributed by atoms with Crippen LogP contribution in [0, 0.1) is 0 Å². The third-order valence-electron chi connectivity index (χ3n) is 3.62. The van der Waals surface area contributed by atoms with Crippen LogP contribution in [0.15, 0.2) is 18.2 Å². The van der Waals surface area contributed by atoms with Crippen molar-refractivity contribution in [2.75, 3.05) is 7.11 Å². The summed E-state index contributed by atoms with van der Waals surface area (Å²) in [5.41, 5.74) is 2.67. The van der Waals surface area contributed by atoms with Crippen LogP contribution in [0.2, 0.25) is 0 Å². The van der Waals surface area contributed by atoms with E-state index in [4.69, 9.17) is 4.74 Å². The highest BCUT2D eigenvalue weighted by molar-refractivity contribution is 5.39. The third kappa shape index (κ3) is 3.01. The summed E-state index contributed by atoms with van der Waals surface area (Å²) in [6, 6.07) is 7.28. The minimum Gasteiger partial charge on any atom is -0.496 e. The summed E-state index contributed by atoms with van der Waals surface area (Å²) < 4.78 is 5.40. The Bertz CT molecular complexity index is 369. The van der Waals surface area contributed by atoms with Gasteiger partial charge in [0.25, 0.3) is 0 Å². The number of benzene rings is 1. The van der Waals surface area contributed by atoms with Gasteiger partial charge in [0.1, 0.15) is 5.75 Å². The number of hydrogen-bond acceptors (Lipinski definition) is 2. The van der Waals surface area contributed by atoms with Gasteiger partial charge in [-0.15, -0.1) is 0 Å². The molecule has 1 aliphatic rings. The first-order valence-corrected chi connectivity index (χ1v) is 6.61. The summed E-state index contributed by atoms with van der Waals surface area (Å²) in [5.74, 6) is 1.51.